The lowest BCUT2D eigenvalue weighted by Gasteiger charge is -2.51. The Hall–Kier alpha value is -2.59. The lowest BCUT2D eigenvalue weighted by molar-refractivity contribution is -0.366. The molecular weight excluding hydrogens is 1020 g/mol. The molecule has 0 unspecified atom stereocenters. The standard InChI is InChI=1S/C57H94O21/c1-29-17-16-20-39(58)42(68-12)25-44(75-54(64)32(4)23-30(2)18-15-19-31(3)40(22-21-29)76-55-50(62)49(61)51(70-14)36(8)73-55)52(63)57(66)34(6)47(59)33(5)41(78-57)24-38(28-67-11)74-46-27-56(10,65)53(37(9)72-46)77-45-26-43(69-13)48(60)35(7)71-45/h15,17-19,21-23,31,33-53,55,58-63,65-66H,16,20,24-28H2,1-14H3/b19-15+,22-21-,29-17+,30-18-,32-23+/t31-,33+,34-,35-,36+,37+,38-,39+,40-,41-,42+,43-,44+,45+,46+,47+,48-,49+,50+,51+,52-,53+,55+,56+,57-/m1/s1. The number of aliphatic hydroxyl groups is 8. The van der Waals surface area contributed by atoms with E-state index in [4.69, 9.17) is 56.8 Å². The summed E-state index contributed by atoms with van der Waals surface area (Å²) in [4.78, 5) is 14.1. The largest absolute Gasteiger partial charge is 0.456 e. The van der Waals surface area contributed by atoms with E-state index in [0.717, 1.165) is 5.57 Å². The Bertz CT molecular complexity index is 2030. The minimum Gasteiger partial charge on any atom is -0.456 e. The first kappa shape index (κ1) is 66.2. The van der Waals surface area contributed by atoms with Crippen molar-refractivity contribution in [3.63, 3.8) is 0 Å². The maximum atomic E-state index is 14.1. The zero-order chi connectivity index (χ0) is 58.0. The van der Waals surface area contributed by atoms with Gasteiger partial charge in [0.2, 0.25) is 5.79 Å². The molecule has 21 heteroatoms. The van der Waals surface area contributed by atoms with Gasteiger partial charge in [-0.3, -0.25) is 0 Å². The highest BCUT2D eigenvalue weighted by molar-refractivity contribution is 5.88. The molecule has 8 N–H and O–H groups in total. The molecule has 0 aromatic rings. The molecule has 0 aromatic carbocycles. The predicted octanol–water partition coefficient (Wildman–Crippen LogP) is 3.20. The van der Waals surface area contributed by atoms with E-state index < -0.39 is 152 Å². The first-order chi connectivity index (χ1) is 36.7. The average Bonchev–Trinajstić information content (AvgIpc) is 3.44. The lowest BCUT2D eigenvalue weighted by atomic mass is 9.76. The highest BCUT2D eigenvalue weighted by atomic mass is 16.7. The summed E-state index contributed by atoms with van der Waals surface area (Å²) in [5.74, 6) is -5.44. The van der Waals surface area contributed by atoms with E-state index in [1.165, 1.54) is 42.3 Å². The Kier molecular flexibility index (Phi) is 25.1. The number of allylic oxidation sites excluding steroid dienone is 7. The van der Waals surface area contributed by atoms with Gasteiger partial charge < -0.3 is 97.7 Å². The Labute approximate surface area is 461 Å². The molecular formula is C57H94O21. The summed E-state index contributed by atoms with van der Waals surface area (Å²) in [7, 11) is 5.79. The van der Waals surface area contributed by atoms with Gasteiger partial charge in [-0.15, -0.1) is 0 Å². The van der Waals surface area contributed by atoms with Crippen LogP contribution in [0.2, 0.25) is 0 Å². The van der Waals surface area contributed by atoms with E-state index in [1.807, 2.05) is 38.2 Å². The maximum Gasteiger partial charge on any atom is 0.334 e. The Morgan fingerprint density at radius 1 is 0.769 bits per heavy atom. The molecule has 5 rings (SSSR count). The average molecular weight is 1120 g/mol. The van der Waals surface area contributed by atoms with Crippen molar-refractivity contribution in [1.29, 1.82) is 0 Å². The zero-order valence-electron chi connectivity index (χ0n) is 48.2. The molecule has 0 aromatic heterocycles. The summed E-state index contributed by atoms with van der Waals surface area (Å²) in [5.41, 5.74) is 0.141. The van der Waals surface area contributed by atoms with E-state index in [2.05, 4.69) is 0 Å². The van der Waals surface area contributed by atoms with E-state index in [1.54, 1.807) is 59.8 Å². The van der Waals surface area contributed by atoms with Gasteiger partial charge in [0.05, 0.1) is 73.2 Å². The van der Waals surface area contributed by atoms with Gasteiger partial charge in [-0.2, -0.15) is 0 Å². The number of aliphatic hydroxyl groups excluding tert-OH is 6. The minimum atomic E-state index is -2.54. The molecule has 21 nitrogen and oxygen atoms in total. The number of rotatable bonds is 15. The molecule has 78 heavy (non-hydrogen) atoms. The topological polar surface area (TPSA) is 290 Å². The van der Waals surface area contributed by atoms with Crippen LogP contribution in [0.15, 0.2) is 59.3 Å². The fraction of sp³-hybridized carbons (Fsp3) is 0.807. The molecule has 0 amide bonds. The third-order valence-electron chi connectivity index (χ3n) is 16.2. The van der Waals surface area contributed by atoms with Crippen molar-refractivity contribution in [2.45, 2.75) is 242 Å². The van der Waals surface area contributed by atoms with E-state index in [0.29, 0.717) is 12.0 Å². The number of esters is 1. The number of methoxy groups -OCH3 is 4. The summed E-state index contributed by atoms with van der Waals surface area (Å²) in [6.45, 7) is 17.2. The van der Waals surface area contributed by atoms with Crippen LogP contribution in [0.1, 0.15) is 108 Å². The van der Waals surface area contributed by atoms with Gasteiger partial charge >= 0.3 is 5.97 Å². The van der Waals surface area contributed by atoms with Gasteiger partial charge in [0.1, 0.15) is 42.7 Å². The van der Waals surface area contributed by atoms with Crippen LogP contribution in [0, 0.1) is 17.8 Å². The first-order valence-electron chi connectivity index (χ1n) is 27.5. The van der Waals surface area contributed by atoms with Gasteiger partial charge in [0, 0.05) is 77.4 Å². The fourth-order valence-corrected chi connectivity index (χ4v) is 11.2. The van der Waals surface area contributed by atoms with Crippen molar-refractivity contribution in [2.75, 3.05) is 35.0 Å². The summed E-state index contributed by atoms with van der Waals surface area (Å²) in [6.07, 6.45) is -6.64. The predicted molar refractivity (Wildman–Crippen MR) is 283 cm³/mol. The van der Waals surface area contributed by atoms with Crippen molar-refractivity contribution >= 4 is 5.97 Å². The van der Waals surface area contributed by atoms with E-state index in [-0.39, 0.29) is 50.2 Å². The molecule has 5 aliphatic rings. The SMILES string of the molecule is COC[C@@H](C[C@H]1O[C@@](O)([C@H](O)[C@@H]2C[C@H](OC)[C@@H](O)CC/C=C(C)/C=C\[C@@H](O[C@@H]3O[C@@H](C)[C@H](OC)[C@@H](O)[C@@H]3O)[C@H](C)/C=C/C=C(C)\C=C(/C)C(=O)O2)[C@H](C)[C@@H](O)[C@H]1C)O[C@H]1C[C@](C)(O)[C@@H](O[C@H]2C[C@@H](OC)[C@H](O)[C@@H](C)O2)[C@H](C)O1. The fourth-order valence-electron chi connectivity index (χ4n) is 11.2. The molecule has 0 radical (unpaired) electrons. The quantitative estimate of drug-likeness (QED) is 0.109. The van der Waals surface area contributed by atoms with Gasteiger partial charge in [-0.05, 0) is 67.4 Å². The van der Waals surface area contributed by atoms with Crippen LogP contribution in [-0.4, -0.2) is 216 Å². The molecule has 5 heterocycles. The number of cyclic esters (lactones) is 1. The highest BCUT2D eigenvalue weighted by Gasteiger charge is 2.57. The van der Waals surface area contributed by atoms with Crippen LogP contribution in [0.25, 0.3) is 0 Å². The smallest absolute Gasteiger partial charge is 0.334 e. The lowest BCUT2D eigenvalue weighted by Crippen LogP contribution is -2.66. The van der Waals surface area contributed by atoms with Crippen LogP contribution in [-0.2, 0) is 61.6 Å². The summed E-state index contributed by atoms with van der Waals surface area (Å²) >= 11 is 0. The van der Waals surface area contributed by atoms with Crippen LogP contribution in [0.3, 0.4) is 0 Å². The third kappa shape index (κ3) is 16.8. The van der Waals surface area contributed by atoms with Crippen molar-refractivity contribution in [3.05, 3.63) is 59.3 Å². The van der Waals surface area contributed by atoms with E-state index >= 15 is 0 Å². The second kappa shape index (κ2) is 29.6. The second-order valence-corrected chi connectivity index (χ2v) is 22.5. The summed E-state index contributed by atoms with van der Waals surface area (Å²) in [6, 6.07) is 0. The Balaban J connectivity index is 1.36. The summed E-state index contributed by atoms with van der Waals surface area (Å²) < 4.78 is 71.8. The molecule has 0 aliphatic carbocycles. The second-order valence-electron chi connectivity index (χ2n) is 22.5. The van der Waals surface area contributed by atoms with Gasteiger partial charge in [0.15, 0.2) is 18.9 Å². The van der Waals surface area contributed by atoms with E-state index in [9.17, 15) is 45.6 Å². The number of carbonyl (C=O) groups is 1. The maximum absolute atomic E-state index is 14.1. The van der Waals surface area contributed by atoms with Crippen molar-refractivity contribution < 1.29 is 102 Å². The molecule has 0 spiro atoms. The third-order valence-corrected chi connectivity index (χ3v) is 16.2. The zero-order valence-corrected chi connectivity index (χ0v) is 48.2. The van der Waals surface area contributed by atoms with Crippen LogP contribution < -0.4 is 0 Å². The monoisotopic (exact) mass is 1110 g/mol. The van der Waals surface area contributed by atoms with Gasteiger partial charge in [0.25, 0.3) is 0 Å². The van der Waals surface area contributed by atoms with Crippen molar-refractivity contribution in [2.24, 2.45) is 17.8 Å². The Morgan fingerprint density at radius 3 is 2.09 bits per heavy atom. The molecule has 448 valence electrons. The van der Waals surface area contributed by atoms with Crippen LogP contribution in [0.4, 0.5) is 0 Å². The van der Waals surface area contributed by atoms with Crippen LogP contribution >= 0.6 is 0 Å². The number of ether oxygens (including phenoxy) is 12. The van der Waals surface area contributed by atoms with Crippen LogP contribution in [0.5, 0.6) is 0 Å². The normalized spacial score (nSPS) is 46.7. The molecule has 25 atom stereocenters. The Morgan fingerprint density at radius 2 is 1.45 bits per heavy atom. The van der Waals surface area contributed by atoms with Crippen molar-refractivity contribution in [1.82, 2.24) is 0 Å². The van der Waals surface area contributed by atoms with Gasteiger partial charge in [-0.1, -0.05) is 68.4 Å². The molecule has 5 aliphatic heterocycles. The molecule has 4 fully saturated rings. The first-order valence-corrected chi connectivity index (χ1v) is 27.5. The van der Waals surface area contributed by atoms with Gasteiger partial charge in [-0.25, -0.2) is 4.79 Å². The molecule has 0 bridgehead atoms. The highest BCUT2D eigenvalue weighted by Crippen LogP contribution is 2.43. The molecule has 4 saturated heterocycles. The van der Waals surface area contributed by atoms with Crippen molar-refractivity contribution in [3.8, 4) is 0 Å². The number of hydrogen-bond donors (Lipinski definition) is 8. The minimum absolute atomic E-state index is 0.00790. The summed E-state index contributed by atoms with van der Waals surface area (Å²) in [5, 5.41) is 92.4. The molecule has 0 saturated carbocycles. The number of carbonyl (C=O) groups excluding carboxylic acids is 1. The number of hydrogen-bond acceptors (Lipinski definition) is 21.